The van der Waals surface area contributed by atoms with Crippen molar-refractivity contribution in [1.29, 1.82) is 0 Å². The number of benzene rings is 1. The molecule has 0 fully saturated rings. The van der Waals surface area contributed by atoms with E-state index in [2.05, 4.69) is 29.2 Å². The van der Waals surface area contributed by atoms with E-state index in [1.165, 1.54) is 29.0 Å². The Bertz CT molecular complexity index is 1220. The lowest BCUT2D eigenvalue weighted by Crippen LogP contribution is -2.37. The first-order valence-corrected chi connectivity index (χ1v) is 12.8. The average Bonchev–Trinajstić information content (AvgIpc) is 3.45. The van der Waals surface area contributed by atoms with Gasteiger partial charge in [-0.2, -0.15) is 5.10 Å². The van der Waals surface area contributed by atoms with Gasteiger partial charge in [-0.15, -0.1) is 0 Å². The predicted octanol–water partition coefficient (Wildman–Crippen LogP) is 5.69. The third-order valence-corrected chi connectivity index (χ3v) is 7.57. The van der Waals surface area contributed by atoms with Crippen LogP contribution in [0.25, 0.3) is 5.69 Å². The maximum atomic E-state index is 13.4. The van der Waals surface area contributed by atoms with Crippen molar-refractivity contribution in [2.45, 2.75) is 70.8 Å². The van der Waals surface area contributed by atoms with Crippen molar-refractivity contribution in [3.05, 3.63) is 88.8 Å². The third-order valence-electron chi connectivity index (χ3n) is 7.57. The minimum atomic E-state index is -0.236. The normalized spacial score (nSPS) is 19.9. The van der Waals surface area contributed by atoms with E-state index >= 15 is 0 Å². The van der Waals surface area contributed by atoms with Gasteiger partial charge in [0.15, 0.2) is 0 Å². The van der Waals surface area contributed by atoms with E-state index in [0.717, 1.165) is 49.9 Å². The van der Waals surface area contributed by atoms with Gasteiger partial charge in [0.1, 0.15) is 5.82 Å². The number of carbonyl (C=O) groups is 1. The molecule has 0 spiro atoms. The molecule has 0 saturated heterocycles. The Labute approximate surface area is 206 Å². The number of fused-ring (bicyclic) bond motifs is 1. The van der Waals surface area contributed by atoms with Gasteiger partial charge in [0.2, 0.25) is 5.91 Å². The summed E-state index contributed by atoms with van der Waals surface area (Å²) >= 11 is 0. The molecule has 1 amide bonds. The third kappa shape index (κ3) is 4.93. The van der Waals surface area contributed by atoms with E-state index in [-0.39, 0.29) is 17.8 Å². The molecule has 5 rings (SSSR count). The molecule has 2 heterocycles. The number of hydrogen-bond acceptors (Lipinski definition) is 3. The smallest absolute Gasteiger partial charge is 0.226 e. The van der Waals surface area contributed by atoms with Crippen LogP contribution in [-0.2, 0) is 17.6 Å². The molecule has 3 atom stereocenters. The minimum Gasteiger partial charge on any atom is -0.353 e. The van der Waals surface area contributed by atoms with Crippen LogP contribution in [0.2, 0.25) is 0 Å². The van der Waals surface area contributed by atoms with Crippen molar-refractivity contribution in [2.24, 2.45) is 5.92 Å². The van der Waals surface area contributed by atoms with Gasteiger partial charge in [-0.3, -0.25) is 9.78 Å². The van der Waals surface area contributed by atoms with Crippen LogP contribution in [0.4, 0.5) is 4.39 Å². The maximum absolute atomic E-state index is 13.4. The topological polar surface area (TPSA) is 59.8 Å². The van der Waals surface area contributed by atoms with Gasteiger partial charge in [-0.25, -0.2) is 9.07 Å². The molecule has 182 valence electrons. The molecule has 6 heteroatoms. The second-order valence-electron chi connectivity index (χ2n) is 9.91. The van der Waals surface area contributed by atoms with Gasteiger partial charge in [0.25, 0.3) is 0 Å². The van der Waals surface area contributed by atoms with E-state index in [9.17, 15) is 9.18 Å². The highest BCUT2D eigenvalue weighted by molar-refractivity contribution is 5.78. The lowest BCUT2D eigenvalue weighted by Gasteiger charge is -2.29. The molecule has 1 aromatic carbocycles. The molecule has 1 N–H and O–H groups in total. The standard InChI is InChI=1S/C29H33FN4O/c1-3-6-24(33-28(35)17-23-7-4-5-14-31-23)15-20-8-9-21-16-27-26(19(2)29(20)21)18-32-34(27)25-12-10-22(30)11-13-25/h4-5,7,10-14,18-20,24H,3,6,8-9,15-17H2,1-2H3,(H,33,35)/t19-,20+,24?/m0/s1. The van der Waals surface area contributed by atoms with Crippen molar-refractivity contribution in [2.75, 3.05) is 0 Å². The lowest BCUT2D eigenvalue weighted by molar-refractivity contribution is -0.121. The summed E-state index contributed by atoms with van der Waals surface area (Å²) < 4.78 is 15.4. The molecule has 5 nitrogen and oxygen atoms in total. The van der Waals surface area contributed by atoms with Gasteiger partial charge in [0.05, 0.1) is 24.0 Å². The summed E-state index contributed by atoms with van der Waals surface area (Å²) in [6.45, 7) is 4.47. The quantitative estimate of drug-likeness (QED) is 0.429. The van der Waals surface area contributed by atoms with Gasteiger partial charge in [-0.1, -0.05) is 37.5 Å². The van der Waals surface area contributed by atoms with E-state index in [4.69, 9.17) is 0 Å². The van der Waals surface area contributed by atoms with Crippen LogP contribution in [0.5, 0.6) is 0 Å². The maximum Gasteiger partial charge on any atom is 0.226 e. The minimum absolute atomic E-state index is 0.0499. The number of allylic oxidation sites excluding steroid dienone is 2. The summed E-state index contributed by atoms with van der Waals surface area (Å²) in [5.41, 5.74) is 7.27. The molecule has 3 aromatic rings. The summed E-state index contributed by atoms with van der Waals surface area (Å²) in [4.78, 5) is 17.0. The second kappa shape index (κ2) is 10.1. The lowest BCUT2D eigenvalue weighted by atomic mass is 9.78. The predicted molar refractivity (Wildman–Crippen MR) is 135 cm³/mol. The number of rotatable bonds is 8. The number of hydrogen-bond donors (Lipinski definition) is 1. The Kier molecular flexibility index (Phi) is 6.80. The van der Waals surface area contributed by atoms with Crippen LogP contribution in [-0.4, -0.2) is 26.7 Å². The highest BCUT2D eigenvalue weighted by Crippen LogP contribution is 2.48. The molecular weight excluding hydrogens is 439 g/mol. The van der Waals surface area contributed by atoms with E-state index in [1.807, 2.05) is 29.1 Å². The van der Waals surface area contributed by atoms with Crippen molar-refractivity contribution >= 4 is 5.91 Å². The molecule has 35 heavy (non-hydrogen) atoms. The molecule has 2 aromatic heterocycles. The Morgan fingerprint density at radius 1 is 1.23 bits per heavy atom. The van der Waals surface area contributed by atoms with Gasteiger partial charge >= 0.3 is 0 Å². The number of pyridine rings is 1. The second-order valence-corrected chi connectivity index (χ2v) is 9.91. The first-order valence-electron chi connectivity index (χ1n) is 12.8. The summed E-state index contributed by atoms with van der Waals surface area (Å²) in [5.74, 6) is 0.602. The largest absolute Gasteiger partial charge is 0.353 e. The molecule has 2 aliphatic carbocycles. The molecule has 2 aliphatic rings. The molecule has 0 saturated carbocycles. The zero-order chi connectivity index (χ0) is 24.4. The highest BCUT2D eigenvalue weighted by Gasteiger charge is 2.37. The van der Waals surface area contributed by atoms with Crippen molar-refractivity contribution in [3.8, 4) is 5.69 Å². The van der Waals surface area contributed by atoms with Gasteiger partial charge in [-0.05, 0) is 68.0 Å². The fraction of sp³-hybridized carbons (Fsp3) is 0.414. The molecule has 0 bridgehead atoms. The summed E-state index contributed by atoms with van der Waals surface area (Å²) in [6, 6.07) is 12.4. The summed E-state index contributed by atoms with van der Waals surface area (Å²) in [6.07, 6.45) is 10.2. The van der Waals surface area contributed by atoms with E-state index < -0.39 is 0 Å². The fourth-order valence-electron chi connectivity index (χ4n) is 6.02. The number of carbonyl (C=O) groups excluding carboxylic acids is 1. The van der Waals surface area contributed by atoms with Crippen molar-refractivity contribution in [3.63, 3.8) is 0 Å². The van der Waals surface area contributed by atoms with E-state index in [0.29, 0.717) is 18.3 Å². The Morgan fingerprint density at radius 2 is 2.06 bits per heavy atom. The number of nitrogens with zero attached hydrogens (tertiary/aromatic N) is 3. The van der Waals surface area contributed by atoms with Gasteiger partial charge < -0.3 is 5.32 Å². The molecule has 1 unspecified atom stereocenters. The van der Waals surface area contributed by atoms with Gasteiger partial charge in [0, 0.05) is 35.8 Å². The average molecular weight is 473 g/mol. The first kappa shape index (κ1) is 23.5. The fourth-order valence-corrected chi connectivity index (χ4v) is 6.02. The van der Waals surface area contributed by atoms with Crippen molar-refractivity contribution in [1.82, 2.24) is 20.1 Å². The number of aromatic nitrogens is 3. The zero-order valence-electron chi connectivity index (χ0n) is 20.5. The molecule has 0 radical (unpaired) electrons. The van der Waals surface area contributed by atoms with Crippen LogP contribution >= 0.6 is 0 Å². The molecule has 0 aliphatic heterocycles. The monoisotopic (exact) mass is 472 g/mol. The highest BCUT2D eigenvalue weighted by atomic mass is 19.1. The van der Waals surface area contributed by atoms with Crippen molar-refractivity contribution < 1.29 is 9.18 Å². The number of nitrogens with one attached hydrogen (secondary N) is 1. The first-order chi connectivity index (χ1) is 17.0. The SMILES string of the molecule is CCCC(C[C@H]1CCC2=C1[C@@H](C)c1cnn(-c3ccc(F)cc3)c1C2)NC(=O)Cc1ccccn1. The summed E-state index contributed by atoms with van der Waals surface area (Å²) in [7, 11) is 0. The van der Waals surface area contributed by atoms with Crippen LogP contribution < -0.4 is 5.32 Å². The van der Waals surface area contributed by atoms with Crippen LogP contribution in [0.3, 0.4) is 0 Å². The Balaban J connectivity index is 1.30. The Hall–Kier alpha value is -3.28. The zero-order valence-corrected chi connectivity index (χ0v) is 20.5. The van der Waals surface area contributed by atoms with Crippen LogP contribution in [0, 0.1) is 11.7 Å². The number of amides is 1. The number of halogens is 1. The summed E-state index contributed by atoms with van der Waals surface area (Å²) in [5, 5.41) is 7.98. The van der Waals surface area contributed by atoms with Crippen LogP contribution in [0.1, 0.15) is 68.8 Å². The Morgan fingerprint density at radius 3 is 2.80 bits per heavy atom. The molecular formula is C29H33FN4O. The van der Waals surface area contributed by atoms with Crippen LogP contribution in [0.15, 0.2) is 66.0 Å². The van der Waals surface area contributed by atoms with E-state index in [1.54, 1.807) is 23.9 Å².